The van der Waals surface area contributed by atoms with Crippen LogP contribution >= 0.6 is 0 Å². The Bertz CT molecular complexity index is 1120. The predicted molar refractivity (Wildman–Crippen MR) is 131 cm³/mol. The molecule has 2 aliphatic heterocycles. The maximum absolute atomic E-state index is 15.0. The number of ether oxygens (including phenoxy) is 1. The summed E-state index contributed by atoms with van der Waals surface area (Å²) in [5.41, 5.74) is 2.85. The highest BCUT2D eigenvalue weighted by Crippen LogP contribution is 2.32. The highest BCUT2D eigenvalue weighted by atomic mass is 19.1. The topological polar surface area (TPSA) is 91.2 Å². The van der Waals surface area contributed by atoms with Crippen LogP contribution in [0.25, 0.3) is 11.1 Å². The molecule has 2 unspecified atom stereocenters. The van der Waals surface area contributed by atoms with Gasteiger partial charge in [0.25, 0.3) is 0 Å². The van der Waals surface area contributed by atoms with E-state index >= 15 is 4.39 Å². The number of nitrogens with zero attached hydrogens (tertiary/aromatic N) is 1. The fourth-order valence-corrected chi connectivity index (χ4v) is 4.70. The molecule has 7 heteroatoms. The van der Waals surface area contributed by atoms with Gasteiger partial charge in [-0.1, -0.05) is 38.0 Å². The van der Waals surface area contributed by atoms with Gasteiger partial charge in [0.05, 0.1) is 17.9 Å². The van der Waals surface area contributed by atoms with E-state index in [4.69, 9.17) is 4.74 Å². The van der Waals surface area contributed by atoms with Crippen LogP contribution < -0.4 is 15.4 Å². The first-order valence-corrected chi connectivity index (χ1v) is 12.5. The minimum atomic E-state index is -0.794. The third-order valence-electron chi connectivity index (χ3n) is 6.97. The summed E-state index contributed by atoms with van der Waals surface area (Å²) in [6, 6.07) is 11.8. The summed E-state index contributed by atoms with van der Waals surface area (Å²) in [5, 5.41) is 15.7. The number of esters is 1. The number of amides is 1. The molecule has 2 N–H and O–H groups in total. The number of rotatable bonds is 5. The predicted octanol–water partition coefficient (Wildman–Crippen LogP) is 4.31. The number of fused-ring (bicyclic) bond motifs is 1. The van der Waals surface area contributed by atoms with Crippen LogP contribution in [-0.2, 0) is 22.4 Å². The molecule has 2 aromatic rings. The van der Waals surface area contributed by atoms with E-state index in [1.165, 1.54) is 6.07 Å². The van der Waals surface area contributed by atoms with Gasteiger partial charge in [-0.3, -0.25) is 9.59 Å². The molecule has 0 aliphatic carbocycles. The largest absolute Gasteiger partial charge is 0.426 e. The van der Waals surface area contributed by atoms with Crippen LogP contribution in [0, 0.1) is 29.0 Å². The molecule has 2 aromatic carbocycles. The Kier molecular flexibility index (Phi) is 8.14. The third-order valence-corrected chi connectivity index (χ3v) is 6.97. The standard InChI is InChI=1S/C28H32FN3O3/c1-18-6-7-22-13-19(10-11-26(22)35-28(18)34)20-8-9-21(25(29)15-20)14-24(16-30)32-27(33)23-5-3-2-4-12-31-17-23/h8-11,13,15,18,23-24,31H,2-7,12,14,17H2,1H3,(H,32,33)/t18?,23?,24-/m0/s1. The molecule has 0 saturated carbocycles. The van der Waals surface area contributed by atoms with Crippen molar-refractivity contribution >= 4 is 11.9 Å². The lowest BCUT2D eigenvalue weighted by atomic mass is 9.96. The molecule has 0 bridgehead atoms. The number of benzene rings is 2. The first kappa shape index (κ1) is 24.9. The van der Waals surface area contributed by atoms with E-state index in [2.05, 4.69) is 16.7 Å². The van der Waals surface area contributed by atoms with E-state index in [0.717, 1.165) is 49.8 Å². The summed E-state index contributed by atoms with van der Waals surface area (Å²) in [6.07, 6.45) is 5.52. The van der Waals surface area contributed by atoms with Gasteiger partial charge in [-0.15, -0.1) is 0 Å². The lowest BCUT2D eigenvalue weighted by molar-refractivity contribution is -0.138. The van der Waals surface area contributed by atoms with Gasteiger partial charge >= 0.3 is 5.97 Å². The van der Waals surface area contributed by atoms with Gasteiger partial charge in [-0.2, -0.15) is 5.26 Å². The molecule has 1 amide bonds. The normalized spacial score (nSPS) is 21.3. The van der Waals surface area contributed by atoms with Gasteiger partial charge in [0, 0.05) is 13.0 Å². The highest BCUT2D eigenvalue weighted by molar-refractivity contribution is 5.79. The molecule has 2 aliphatic rings. The summed E-state index contributed by atoms with van der Waals surface area (Å²) >= 11 is 0. The first-order chi connectivity index (χ1) is 16.9. The van der Waals surface area contributed by atoms with Gasteiger partial charge in [0.15, 0.2) is 0 Å². The number of carbonyl (C=O) groups is 2. The monoisotopic (exact) mass is 477 g/mol. The second-order valence-electron chi connectivity index (χ2n) is 9.63. The fraction of sp³-hybridized carbons (Fsp3) is 0.464. The van der Waals surface area contributed by atoms with E-state index in [1.807, 2.05) is 25.1 Å². The number of carbonyl (C=O) groups excluding carboxylic acids is 2. The maximum atomic E-state index is 15.0. The van der Waals surface area contributed by atoms with Crippen LogP contribution in [0.15, 0.2) is 36.4 Å². The van der Waals surface area contributed by atoms with E-state index in [0.29, 0.717) is 29.8 Å². The highest BCUT2D eigenvalue weighted by Gasteiger charge is 2.24. The lowest BCUT2D eigenvalue weighted by Crippen LogP contribution is -2.43. The molecule has 35 heavy (non-hydrogen) atoms. The van der Waals surface area contributed by atoms with Gasteiger partial charge in [0.1, 0.15) is 17.6 Å². The average Bonchev–Trinajstić information content (AvgIpc) is 2.97. The molecule has 0 aromatic heterocycles. The summed E-state index contributed by atoms with van der Waals surface area (Å²) in [5.74, 6) is -0.556. The number of aryl methyl sites for hydroxylation is 1. The molecule has 184 valence electrons. The Morgan fingerprint density at radius 3 is 2.80 bits per heavy atom. The van der Waals surface area contributed by atoms with Crippen LogP contribution in [0.4, 0.5) is 4.39 Å². The molecular weight excluding hydrogens is 445 g/mol. The van der Waals surface area contributed by atoms with Crippen molar-refractivity contribution in [3.63, 3.8) is 0 Å². The Morgan fingerprint density at radius 1 is 1.20 bits per heavy atom. The van der Waals surface area contributed by atoms with Crippen molar-refractivity contribution in [2.24, 2.45) is 11.8 Å². The van der Waals surface area contributed by atoms with E-state index < -0.39 is 11.9 Å². The molecule has 3 atom stereocenters. The van der Waals surface area contributed by atoms with Gasteiger partial charge in [0.2, 0.25) is 5.91 Å². The maximum Gasteiger partial charge on any atom is 0.314 e. The minimum Gasteiger partial charge on any atom is -0.426 e. The summed E-state index contributed by atoms with van der Waals surface area (Å²) in [6.45, 7) is 3.36. The number of hydrogen-bond acceptors (Lipinski definition) is 5. The van der Waals surface area contributed by atoms with Crippen molar-refractivity contribution in [2.75, 3.05) is 13.1 Å². The molecule has 1 saturated heterocycles. The van der Waals surface area contributed by atoms with Gasteiger partial charge < -0.3 is 15.4 Å². The van der Waals surface area contributed by atoms with Crippen molar-refractivity contribution in [2.45, 2.75) is 57.9 Å². The Balaban J connectivity index is 1.44. The molecule has 6 nitrogen and oxygen atoms in total. The van der Waals surface area contributed by atoms with Crippen molar-refractivity contribution in [1.82, 2.24) is 10.6 Å². The summed E-state index contributed by atoms with van der Waals surface area (Å²) in [7, 11) is 0. The average molecular weight is 478 g/mol. The van der Waals surface area contributed by atoms with Crippen molar-refractivity contribution in [1.29, 1.82) is 5.26 Å². The zero-order chi connectivity index (χ0) is 24.8. The molecule has 0 spiro atoms. The van der Waals surface area contributed by atoms with Crippen molar-refractivity contribution < 1.29 is 18.7 Å². The summed E-state index contributed by atoms with van der Waals surface area (Å²) < 4.78 is 20.5. The fourth-order valence-electron chi connectivity index (χ4n) is 4.70. The molecular formula is C28H32FN3O3. The van der Waals surface area contributed by atoms with Gasteiger partial charge in [-0.05, 0) is 72.7 Å². The van der Waals surface area contributed by atoms with Crippen LogP contribution in [0.3, 0.4) is 0 Å². The van der Waals surface area contributed by atoms with Crippen LogP contribution in [0.1, 0.15) is 50.2 Å². The SMILES string of the molecule is CC1CCc2cc(-c3ccc(C[C@@H](C#N)NC(=O)C4CCCCCNC4)c(F)c3)ccc2OC1=O. The Labute approximate surface area is 205 Å². The minimum absolute atomic E-state index is 0.104. The Hall–Kier alpha value is -3.24. The molecule has 1 fully saturated rings. The number of nitrogens with one attached hydrogen (secondary N) is 2. The number of halogens is 1. The zero-order valence-electron chi connectivity index (χ0n) is 20.1. The molecule has 4 rings (SSSR count). The van der Waals surface area contributed by atoms with Crippen LogP contribution in [-0.4, -0.2) is 31.0 Å². The number of hydrogen-bond donors (Lipinski definition) is 2. The van der Waals surface area contributed by atoms with Crippen LogP contribution in [0.2, 0.25) is 0 Å². The number of nitriles is 1. The first-order valence-electron chi connectivity index (χ1n) is 12.5. The smallest absolute Gasteiger partial charge is 0.314 e. The van der Waals surface area contributed by atoms with E-state index in [1.54, 1.807) is 12.1 Å². The Morgan fingerprint density at radius 2 is 2.00 bits per heavy atom. The summed E-state index contributed by atoms with van der Waals surface area (Å²) in [4.78, 5) is 24.7. The van der Waals surface area contributed by atoms with Crippen molar-refractivity contribution in [3.8, 4) is 22.9 Å². The van der Waals surface area contributed by atoms with E-state index in [9.17, 15) is 14.9 Å². The molecule has 2 heterocycles. The van der Waals surface area contributed by atoms with Crippen molar-refractivity contribution in [3.05, 3.63) is 53.3 Å². The van der Waals surface area contributed by atoms with Gasteiger partial charge in [-0.25, -0.2) is 4.39 Å². The van der Waals surface area contributed by atoms with Crippen LogP contribution in [0.5, 0.6) is 5.75 Å². The molecule has 0 radical (unpaired) electrons. The van der Waals surface area contributed by atoms with E-state index in [-0.39, 0.29) is 30.1 Å². The third kappa shape index (κ3) is 6.26. The quantitative estimate of drug-likeness (QED) is 0.495. The second-order valence-corrected chi connectivity index (χ2v) is 9.63. The zero-order valence-corrected chi connectivity index (χ0v) is 20.1. The second kappa shape index (κ2) is 11.5. The lowest BCUT2D eigenvalue weighted by Gasteiger charge is -2.21.